The highest BCUT2D eigenvalue weighted by Gasteiger charge is 2.30. The summed E-state index contributed by atoms with van der Waals surface area (Å²) >= 11 is 0. The summed E-state index contributed by atoms with van der Waals surface area (Å²) in [6.45, 7) is 4.69. The molecule has 0 radical (unpaired) electrons. The third kappa shape index (κ3) is 3.74. The molecule has 1 fully saturated rings. The summed E-state index contributed by atoms with van der Waals surface area (Å²) in [5.74, 6) is -0.927. The topological polar surface area (TPSA) is 21.3 Å². The summed E-state index contributed by atoms with van der Waals surface area (Å²) < 4.78 is 32.5. The van der Waals surface area contributed by atoms with Gasteiger partial charge >= 0.3 is 0 Å². The maximum Gasteiger partial charge on any atom is 0.129 e. The average molecular weight is 269 g/mol. The standard InChI is InChI=1S/C15H21F2NO/c1-3-19-12-8-11(9-12)18-10(2)7-13-14(16)5-4-6-15(13)17/h4-6,10-12,18H,3,7-9H2,1-2H3. The van der Waals surface area contributed by atoms with Crippen LogP contribution in [-0.4, -0.2) is 24.8 Å². The van der Waals surface area contributed by atoms with Crippen LogP contribution in [0.4, 0.5) is 8.78 Å². The zero-order chi connectivity index (χ0) is 13.8. The Morgan fingerprint density at radius 1 is 1.32 bits per heavy atom. The van der Waals surface area contributed by atoms with E-state index in [0.717, 1.165) is 19.4 Å². The van der Waals surface area contributed by atoms with Crippen molar-refractivity contribution in [3.63, 3.8) is 0 Å². The monoisotopic (exact) mass is 269 g/mol. The van der Waals surface area contributed by atoms with E-state index in [0.29, 0.717) is 18.6 Å². The van der Waals surface area contributed by atoms with Crippen LogP contribution in [0.25, 0.3) is 0 Å². The second-order valence-corrected chi connectivity index (χ2v) is 5.22. The zero-order valence-electron chi connectivity index (χ0n) is 11.5. The Kier molecular flexibility index (Phi) is 4.88. The van der Waals surface area contributed by atoms with E-state index >= 15 is 0 Å². The van der Waals surface area contributed by atoms with Gasteiger partial charge in [0.05, 0.1) is 6.10 Å². The van der Waals surface area contributed by atoms with Crippen LogP contribution in [0.5, 0.6) is 0 Å². The predicted octanol–water partition coefficient (Wildman–Crippen LogP) is 3.05. The van der Waals surface area contributed by atoms with Crippen LogP contribution in [-0.2, 0) is 11.2 Å². The van der Waals surface area contributed by atoms with Gasteiger partial charge in [-0.05, 0) is 45.2 Å². The van der Waals surface area contributed by atoms with Crippen LogP contribution in [0.15, 0.2) is 18.2 Å². The third-order valence-corrected chi connectivity index (χ3v) is 3.59. The summed E-state index contributed by atoms with van der Waals surface area (Å²) in [5.41, 5.74) is 0.170. The molecule has 0 heterocycles. The lowest BCUT2D eigenvalue weighted by molar-refractivity contribution is -0.0119. The molecule has 2 nitrogen and oxygen atoms in total. The average Bonchev–Trinajstić information content (AvgIpc) is 2.31. The normalized spacial score (nSPS) is 24.0. The Bertz CT molecular complexity index is 398. The lowest BCUT2D eigenvalue weighted by Crippen LogP contribution is -2.49. The van der Waals surface area contributed by atoms with Gasteiger partial charge in [-0.25, -0.2) is 8.78 Å². The van der Waals surface area contributed by atoms with Gasteiger partial charge in [0.2, 0.25) is 0 Å². The molecule has 4 heteroatoms. The molecule has 1 saturated carbocycles. The molecule has 106 valence electrons. The Hall–Kier alpha value is -1.00. The van der Waals surface area contributed by atoms with Gasteiger partial charge in [-0.3, -0.25) is 0 Å². The highest BCUT2D eigenvalue weighted by molar-refractivity contribution is 5.20. The molecule has 0 aliphatic heterocycles. The lowest BCUT2D eigenvalue weighted by Gasteiger charge is -2.37. The van der Waals surface area contributed by atoms with Crippen molar-refractivity contribution in [1.29, 1.82) is 0 Å². The molecule has 1 aliphatic rings. The highest BCUT2D eigenvalue weighted by Crippen LogP contribution is 2.24. The van der Waals surface area contributed by atoms with Gasteiger partial charge in [0.15, 0.2) is 0 Å². The molecular weight excluding hydrogens is 248 g/mol. The van der Waals surface area contributed by atoms with Crippen molar-refractivity contribution in [1.82, 2.24) is 5.32 Å². The van der Waals surface area contributed by atoms with Crippen LogP contribution >= 0.6 is 0 Å². The second kappa shape index (κ2) is 6.44. The van der Waals surface area contributed by atoms with Crippen LogP contribution in [0.2, 0.25) is 0 Å². The number of rotatable bonds is 6. The van der Waals surface area contributed by atoms with Crippen molar-refractivity contribution >= 4 is 0 Å². The van der Waals surface area contributed by atoms with E-state index in [2.05, 4.69) is 5.32 Å². The van der Waals surface area contributed by atoms with Gasteiger partial charge in [0.1, 0.15) is 11.6 Å². The smallest absolute Gasteiger partial charge is 0.129 e. The van der Waals surface area contributed by atoms with E-state index in [1.165, 1.54) is 18.2 Å². The Balaban J connectivity index is 1.81. The first-order chi connectivity index (χ1) is 9.10. The maximum atomic E-state index is 13.5. The van der Waals surface area contributed by atoms with E-state index in [-0.39, 0.29) is 11.6 Å². The van der Waals surface area contributed by atoms with Gasteiger partial charge in [-0.1, -0.05) is 6.07 Å². The van der Waals surface area contributed by atoms with Gasteiger partial charge in [-0.15, -0.1) is 0 Å². The van der Waals surface area contributed by atoms with Crippen LogP contribution in [0.1, 0.15) is 32.3 Å². The van der Waals surface area contributed by atoms with Crippen molar-refractivity contribution in [3.05, 3.63) is 35.4 Å². The molecular formula is C15H21F2NO. The fourth-order valence-electron chi connectivity index (χ4n) is 2.57. The number of ether oxygens (including phenoxy) is 1. The SMILES string of the molecule is CCOC1CC(NC(C)Cc2c(F)cccc2F)C1. The fourth-order valence-corrected chi connectivity index (χ4v) is 2.57. The largest absolute Gasteiger partial charge is 0.378 e. The molecule has 0 bridgehead atoms. The molecule has 0 saturated heterocycles. The molecule has 1 atom stereocenters. The molecule has 0 aromatic heterocycles. The van der Waals surface area contributed by atoms with E-state index in [1.54, 1.807) is 0 Å². The van der Waals surface area contributed by atoms with Crippen molar-refractivity contribution in [2.24, 2.45) is 0 Å². The van der Waals surface area contributed by atoms with E-state index in [9.17, 15) is 8.78 Å². The fraction of sp³-hybridized carbons (Fsp3) is 0.600. The third-order valence-electron chi connectivity index (χ3n) is 3.59. The summed E-state index contributed by atoms with van der Waals surface area (Å²) in [6.07, 6.45) is 2.68. The summed E-state index contributed by atoms with van der Waals surface area (Å²) in [7, 11) is 0. The minimum Gasteiger partial charge on any atom is -0.378 e. The van der Waals surface area contributed by atoms with Crippen molar-refractivity contribution in [3.8, 4) is 0 Å². The second-order valence-electron chi connectivity index (χ2n) is 5.22. The molecule has 1 aliphatic carbocycles. The molecule has 0 amide bonds. The molecule has 1 aromatic carbocycles. The molecule has 19 heavy (non-hydrogen) atoms. The maximum absolute atomic E-state index is 13.5. The lowest BCUT2D eigenvalue weighted by atomic mass is 9.88. The first-order valence-corrected chi connectivity index (χ1v) is 6.90. The highest BCUT2D eigenvalue weighted by atomic mass is 19.1. The summed E-state index contributed by atoms with van der Waals surface area (Å²) in [5, 5.41) is 3.39. The Morgan fingerprint density at radius 3 is 2.53 bits per heavy atom. The van der Waals surface area contributed by atoms with Crippen LogP contribution in [0, 0.1) is 11.6 Å². The molecule has 1 unspecified atom stereocenters. The first-order valence-electron chi connectivity index (χ1n) is 6.90. The van der Waals surface area contributed by atoms with E-state index in [4.69, 9.17) is 4.74 Å². The first kappa shape index (κ1) is 14.4. The number of nitrogens with one attached hydrogen (secondary N) is 1. The van der Waals surface area contributed by atoms with E-state index in [1.807, 2.05) is 13.8 Å². The van der Waals surface area contributed by atoms with Gasteiger partial charge in [0.25, 0.3) is 0 Å². The van der Waals surface area contributed by atoms with Crippen molar-refractivity contribution in [2.75, 3.05) is 6.61 Å². The minimum absolute atomic E-state index is 0.0546. The van der Waals surface area contributed by atoms with Gasteiger partial charge in [0, 0.05) is 24.3 Å². The summed E-state index contributed by atoms with van der Waals surface area (Å²) in [6, 6.07) is 4.46. The molecule has 1 aromatic rings. The predicted molar refractivity (Wildman–Crippen MR) is 71.1 cm³/mol. The zero-order valence-corrected chi connectivity index (χ0v) is 11.5. The number of hydrogen-bond donors (Lipinski definition) is 1. The minimum atomic E-state index is -0.463. The van der Waals surface area contributed by atoms with E-state index < -0.39 is 11.6 Å². The molecule has 0 spiro atoms. The van der Waals surface area contributed by atoms with Crippen LogP contribution < -0.4 is 5.32 Å². The van der Waals surface area contributed by atoms with Gasteiger partial charge < -0.3 is 10.1 Å². The van der Waals surface area contributed by atoms with Crippen LogP contribution in [0.3, 0.4) is 0 Å². The number of halogens is 2. The quantitative estimate of drug-likeness (QED) is 0.857. The Morgan fingerprint density at radius 2 is 1.95 bits per heavy atom. The summed E-state index contributed by atoms with van der Waals surface area (Å²) in [4.78, 5) is 0. The Labute approximate surface area is 113 Å². The van der Waals surface area contributed by atoms with Gasteiger partial charge in [-0.2, -0.15) is 0 Å². The van der Waals surface area contributed by atoms with Crippen molar-refractivity contribution in [2.45, 2.75) is 51.3 Å². The van der Waals surface area contributed by atoms with Crippen molar-refractivity contribution < 1.29 is 13.5 Å². The molecule has 1 N–H and O–H groups in total. The molecule has 2 rings (SSSR count). The number of hydrogen-bond acceptors (Lipinski definition) is 2. The number of benzene rings is 1.